The molecule has 2 aromatic heterocycles. The van der Waals surface area contributed by atoms with Crippen molar-refractivity contribution in [1.82, 2.24) is 30.0 Å². The third-order valence-electron chi connectivity index (χ3n) is 19.7. The molecule has 8 aliphatic rings. The topological polar surface area (TPSA) is 727 Å². The lowest BCUT2D eigenvalue weighted by Crippen LogP contribution is -2.68. The number of hydrogen-bond acceptors (Lipinski definition) is 40. The van der Waals surface area contributed by atoms with Gasteiger partial charge < -0.3 is 187 Å². The lowest BCUT2D eigenvalue weighted by atomic mass is 9.84. The minimum absolute atomic E-state index is 0. The van der Waals surface area contributed by atoms with Crippen LogP contribution in [0.3, 0.4) is 0 Å². The molecule has 562 valence electrons. The summed E-state index contributed by atoms with van der Waals surface area (Å²) in [7, 11) is 0. The molecule has 42 heteroatoms. The number of aliphatic hydroxyl groups excluding tert-OH is 12. The second kappa shape index (κ2) is 32.6. The predicted molar refractivity (Wildman–Crippen MR) is 334 cm³/mol. The van der Waals surface area contributed by atoms with Gasteiger partial charge in [0.1, 0.15) is 146 Å². The molecule has 6 aliphatic heterocycles. The largest absolute Gasteiger partial charge is 0.389 e. The SMILES string of the molecule is C.NCC1O[C@H](OC2C(N)C[C@@H](N)C(O)[C@H]2O[C@@H]2O[C@H](Cn3cc(-c4ccc(-c5cn(C[C@H]6O[C@@H](O[C@H]7C(O[C@H]8OC(CN)C(O)[C@H](O)C8N)C(N)C[C@@H](N)C7O)[C@@H](O)C6O[C@H]6O[C@@H](CN)C(O)C(O)C6N)nn5)cc4)nn3)C(O[C@H]3O[C@@H](CN)C(O)C(O)C3N)[C@@H]2O)C(N)[C@@H](O)C1O. The van der Waals surface area contributed by atoms with Gasteiger partial charge in [-0.2, -0.15) is 0 Å². The Balaban J connectivity index is 0.0000106. The van der Waals surface area contributed by atoms with E-state index in [2.05, 4.69) is 20.6 Å². The highest BCUT2D eigenvalue weighted by molar-refractivity contribution is 5.65. The van der Waals surface area contributed by atoms with E-state index in [1.54, 1.807) is 36.7 Å². The standard InChI is InChI=1S/C56H96N18O24.CH4/c57-7-23-35(77)39(81)29(65)51(87-23)93-45-19(63)5-17(61)33(75)49(45)97-55-43(85)47(95-53-31(67)41(83)37(79)25(9-59)89-53)27(91-55)13-73-11-21(69-71-73)15-1-2-16(4-3-15)22-12-74(72-70-22)14-28-48(96-54-32(68)42(84)38(80)26(10-60)90-54)44(86)56(92-28)98-50-34(76)18(62)6-20(64)46(50)94-52-30(66)40(82)36(78)24(8-58)88-52;/h1-4,11-12,17-20,23-56,75-86H,5-10,13-14,57-68H2;1H4/t17-,18-,19?,20?,23?,24?,25+,26+,27-,28-,29?,30?,31?,32?,33?,34?,35?,36?,37?,38?,39-,40-,41?,42?,43+,44+,45?,46?,47?,48?,49-,50-,51-,52-,53-,54-,55+,56+;/m1./s1. The summed E-state index contributed by atoms with van der Waals surface area (Å²) in [6.07, 6.45) is -39.8. The quantitative estimate of drug-likeness (QED) is 0.0444. The molecule has 0 amide bonds. The number of ether oxygens (including phenoxy) is 12. The number of hydrogen-bond donors (Lipinski definition) is 24. The summed E-state index contributed by atoms with van der Waals surface area (Å²) < 4.78 is 76.5. The summed E-state index contributed by atoms with van der Waals surface area (Å²) in [5.41, 5.74) is 76.0. The van der Waals surface area contributed by atoms with Crippen LogP contribution in [-0.2, 0) is 69.9 Å². The molecular weight excluding hydrogens is 1320 g/mol. The zero-order valence-electron chi connectivity index (χ0n) is 52.9. The zero-order chi connectivity index (χ0) is 70.6. The molecule has 36 N–H and O–H groups in total. The maximum atomic E-state index is 12.1. The first-order chi connectivity index (χ1) is 46.6. The Labute approximate surface area is 566 Å². The van der Waals surface area contributed by atoms with Crippen molar-refractivity contribution < 1.29 is 118 Å². The summed E-state index contributed by atoms with van der Waals surface area (Å²) in [5, 5.41) is 150. The van der Waals surface area contributed by atoms with Crippen LogP contribution in [0.2, 0.25) is 0 Å². The van der Waals surface area contributed by atoms with Gasteiger partial charge >= 0.3 is 0 Å². The lowest BCUT2D eigenvalue weighted by molar-refractivity contribution is -0.306. The van der Waals surface area contributed by atoms with Crippen LogP contribution in [0.4, 0.5) is 0 Å². The van der Waals surface area contributed by atoms with Crippen molar-refractivity contribution in [3.8, 4) is 22.5 Å². The highest BCUT2D eigenvalue weighted by Crippen LogP contribution is 2.39. The van der Waals surface area contributed by atoms with Crippen molar-refractivity contribution in [1.29, 1.82) is 0 Å². The molecule has 1 aromatic carbocycles. The van der Waals surface area contributed by atoms with Gasteiger partial charge in [0, 0.05) is 61.5 Å². The van der Waals surface area contributed by atoms with Crippen LogP contribution in [0.5, 0.6) is 0 Å². The molecule has 6 saturated heterocycles. The molecule has 38 atom stereocenters. The van der Waals surface area contributed by atoms with E-state index in [4.69, 9.17) is 126 Å². The molecule has 2 saturated carbocycles. The van der Waals surface area contributed by atoms with Crippen LogP contribution in [0, 0.1) is 0 Å². The number of benzene rings is 1. The van der Waals surface area contributed by atoms with Crippen molar-refractivity contribution in [2.45, 2.75) is 266 Å². The van der Waals surface area contributed by atoms with Crippen LogP contribution in [0.15, 0.2) is 36.7 Å². The summed E-state index contributed by atoms with van der Waals surface area (Å²) in [4.78, 5) is 0. The minimum Gasteiger partial charge on any atom is -0.389 e. The first kappa shape index (κ1) is 77.7. The molecule has 42 nitrogen and oxygen atoms in total. The van der Waals surface area contributed by atoms with E-state index in [0.717, 1.165) is 0 Å². The van der Waals surface area contributed by atoms with Crippen molar-refractivity contribution in [3.63, 3.8) is 0 Å². The second-order valence-electron chi connectivity index (χ2n) is 26.4. The average molecular weight is 1420 g/mol. The molecule has 8 heterocycles. The molecule has 0 radical (unpaired) electrons. The maximum absolute atomic E-state index is 12.1. The minimum atomic E-state index is -1.73. The first-order valence-corrected chi connectivity index (χ1v) is 32.4. The number of nitrogens with zero attached hydrogens (tertiary/aromatic N) is 6. The fourth-order valence-corrected chi connectivity index (χ4v) is 13.7. The Hall–Kier alpha value is -3.94. The Morgan fingerprint density at radius 2 is 0.596 bits per heavy atom. The second-order valence-corrected chi connectivity index (χ2v) is 26.4. The van der Waals surface area contributed by atoms with Gasteiger partial charge in [-0.25, -0.2) is 9.36 Å². The summed E-state index contributed by atoms with van der Waals surface area (Å²) in [5.74, 6) is 0. The molecule has 2 aliphatic carbocycles. The monoisotopic (exact) mass is 1420 g/mol. The van der Waals surface area contributed by atoms with Gasteiger partial charge in [-0.05, 0) is 12.8 Å². The molecule has 0 bridgehead atoms. The van der Waals surface area contributed by atoms with E-state index in [1.165, 1.54) is 9.36 Å². The normalized spacial score (nSPS) is 47.5. The number of aliphatic hydroxyl groups is 12. The van der Waals surface area contributed by atoms with Gasteiger partial charge in [0.2, 0.25) is 0 Å². The third-order valence-corrected chi connectivity index (χ3v) is 19.7. The Morgan fingerprint density at radius 1 is 0.333 bits per heavy atom. The van der Waals surface area contributed by atoms with Gasteiger partial charge in [0.05, 0.1) is 61.9 Å². The van der Waals surface area contributed by atoms with Crippen LogP contribution in [0.1, 0.15) is 20.3 Å². The average Bonchev–Trinajstić information content (AvgIpc) is 1.76. The summed E-state index contributed by atoms with van der Waals surface area (Å²) in [6, 6.07) is -2.37. The summed E-state index contributed by atoms with van der Waals surface area (Å²) >= 11 is 0. The van der Waals surface area contributed by atoms with Crippen LogP contribution < -0.4 is 68.8 Å². The van der Waals surface area contributed by atoms with Gasteiger partial charge in [0.25, 0.3) is 0 Å². The van der Waals surface area contributed by atoms with E-state index in [1.807, 2.05) is 0 Å². The molecular formula is C57H100N18O24. The highest BCUT2D eigenvalue weighted by Gasteiger charge is 2.58. The van der Waals surface area contributed by atoms with Crippen molar-refractivity contribution >= 4 is 0 Å². The zero-order valence-corrected chi connectivity index (χ0v) is 52.9. The fourth-order valence-electron chi connectivity index (χ4n) is 13.7. The number of aromatic nitrogens is 6. The van der Waals surface area contributed by atoms with E-state index in [0.29, 0.717) is 22.5 Å². The molecule has 99 heavy (non-hydrogen) atoms. The Bertz CT molecular complexity index is 2820. The number of rotatable bonds is 22. The van der Waals surface area contributed by atoms with Crippen molar-refractivity contribution in [2.24, 2.45) is 68.8 Å². The predicted octanol–water partition coefficient (Wildman–Crippen LogP) is -14.9. The van der Waals surface area contributed by atoms with Gasteiger partial charge in [0.15, 0.2) is 37.7 Å². The van der Waals surface area contributed by atoms with Crippen molar-refractivity contribution in [2.75, 3.05) is 26.2 Å². The van der Waals surface area contributed by atoms with Gasteiger partial charge in [-0.15, -0.1) is 10.2 Å². The molecule has 20 unspecified atom stereocenters. The van der Waals surface area contributed by atoms with E-state index in [9.17, 15) is 61.3 Å². The van der Waals surface area contributed by atoms with Gasteiger partial charge in [-0.3, -0.25) is 0 Å². The smallest absolute Gasteiger partial charge is 0.187 e. The van der Waals surface area contributed by atoms with Crippen LogP contribution in [-0.4, -0.2) is 350 Å². The van der Waals surface area contributed by atoms with Crippen LogP contribution >= 0.6 is 0 Å². The maximum Gasteiger partial charge on any atom is 0.187 e. The molecule has 0 spiro atoms. The Kier molecular flexibility index (Phi) is 25.6. The third kappa shape index (κ3) is 15.9. The lowest BCUT2D eigenvalue weighted by Gasteiger charge is -2.47. The van der Waals surface area contributed by atoms with Crippen molar-refractivity contribution in [3.05, 3.63) is 36.7 Å². The van der Waals surface area contributed by atoms with E-state index >= 15 is 0 Å². The van der Waals surface area contributed by atoms with E-state index in [-0.39, 0.29) is 59.5 Å². The molecule has 8 fully saturated rings. The summed E-state index contributed by atoms with van der Waals surface area (Å²) in [6.45, 7) is -1.36. The Morgan fingerprint density at radius 3 is 0.879 bits per heavy atom. The molecule has 3 aromatic rings. The van der Waals surface area contributed by atoms with Crippen LogP contribution in [0.25, 0.3) is 22.5 Å². The van der Waals surface area contributed by atoms with E-state index < -0.39 is 233 Å². The fraction of sp³-hybridized carbons (Fsp3) is 0.825. The first-order valence-electron chi connectivity index (χ1n) is 32.4. The van der Waals surface area contributed by atoms with Gasteiger partial charge in [-0.1, -0.05) is 42.1 Å². The molecule has 11 rings (SSSR count). The number of nitrogens with two attached hydrogens (primary N) is 12. The highest BCUT2D eigenvalue weighted by atomic mass is 16.8.